The van der Waals surface area contributed by atoms with Gasteiger partial charge in [-0.2, -0.15) is 0 Å². The summed E-state index contributed by atoms with van der Waals surface area (Å²) in [5, 5.41) is 12.1. The summed E-state index contributed by atoms with van der Waals surface area (Å²) in [7, 11) is 0. The molecule has 2 rings (SSSR count). The Kier molecular flexibility index (Phi) is 5.60. The predicted molar refractivity (Wildman–Crippen MR) is 80.5 cm³/mol. The molecule has 1 aromatic rings. The molecule has 3 heteroatoms. The number of carbonyl (C=O) groups excluding carboxylic acids is 1. The van der Waals surface area contributed by atoms with Crippen molar-refractivity contribution in [2.45, 2.75) is 51.5 Å². The molecular formula is C17H25NO2. The average molecular weight is 275 g/mol. The van der Waals surface area contributed by atoms with Gasteiger partial charge in [0.2, 0.25) is 5.91 Å². The Morgan fingerprint density at radius 1 is 1.30 bits per heavy atom. The third-order valence-corrected chi connectivity index (χ3v) is 4.05. The number of carbonyl (C=O) groups is 1. The molecule has 0 aliphatic heterocycles. The van der Waals surface area contributed by atoms with Crippen molar-refractivity contribution in [1.82, 2.24) is 5.32 Å². The topological polar surface area (TPSA) is 49.3 Å². The number of amides is 1. The van der Waals surface area contributed by atoms with E-state index < -0.39 is 0 Å². The lowest BCUT2D eigenvalue weighted by molar-refractivity contribution is -0.122. The first-order valence-electron chi connectivity index (χ1n) is 7.71. The highest BCUT2D eigenvalue weighted by atomic mass is 16.3. The van der Waals surface area contributed by atoms with Crippen LogP contribution in [0.2, 0.25) is 0 Å². The van der Waals surface area contributed by atoms with Crippen LogP contribution in [0.1, 0.15) is 43.7 Å². The van der Waals surface area contributed by atoms with Crippen LogP contribution in [-0.2, 0) is 17.6 Å². The van der Waals surface area contributed by atoms with Gasteiger partial charge in [0.05, 0.1) is 0 Å². The van der Waals surface area contributed by atoms with Gasteiger partial charge in [-0.1, -0.05) is 31.2 Å². The Morgan fingerprint density at radius 3 is 2.50 bits per heavy atom. The first-order chi connectivity index (χ1) is 9.72. The van der Waals surface area contributed by atoms with Gasteiger partial charge >= 0.3 is 0 Å². The van der Waals surface area contributed by atoms with Crippen LogP contribution in [0.3, 0.4) is 0 Å². The van der Waals surface area contributed by atoms with Crippen LogP contribution in [0.15, 0.2) is 24.3 Å². The molecule has 1 atom stereocenters. The van der Waals surface area contributed by atoms with Crippen LogP contribution in [0.25, 0.3) is 0 Å². The maximum absolute atomic E-state index is 12.0. The van der Waals surface area contributed by atoms with Gasteiger partial charge in [0.25, 0.3) is 0 Å². The minimum atomic E-state index is 0.106. The lowest BCUT2D eigenvalue weighted by atomic mass is 10.1. The van der Waals surface area contributed by atoms with E-state index in [1.54, 1.807) is 0 Å². The Hall–Kier alpha value is -1.35. The summed E-state index contributed by atoms with van der Waals surface area (Å²) in [6.07, 6.45) is 5.41. The Balaban J connectivity index is 1.75. The molecule has 1 fully saturated rings. The first kappa shape index (κ1) is 15.0. The Morgan fingerprint density at radius 2 is 1.95 bits per heavy atom. The third-order valence-electron chi connectivity index (χ3n) is 4.05. The first-order valence-corrected chi connectivity index (χ1v) is 7.71. The number of rotatable bonds is 8. The SMILES string of the molecule is CCc1ccc(CCC(=O)NC(CCO)C2CC2)cc1. The summed E-state index contributed by atoms with van der Waals surface area (Å²) < 4.78 is 0. The largest absolute Gasteiger partial charge is 0.396 e. The highest BCUT2D eigenvalue weighted by Crippen LogP contribution is 2.33. The van der Waals surface area contributed by atoms with Crippen molar-refractivity contribution >= 4 is 5.91 Å². The van der Waals surface area contributed by atoms with E-state index in [0.29, 0.717) is 18.8 Å². The summed E-state index contributed by atoms with van der Waals surface area (Å²) in [6.45, 7) is 2.29. The minimum absolute atomic E-state index is 0.106. The molecule has 0 saturated heterocycles. The van der Waals surface area contributed by atoms with Gasteiger partial charge in [0, 0.05) is 19.1 Å². The van der Waals surface area contributed by atoms with Crippen molar-refractivity contribution in [1.29, 1.82) is 0 Å². The van der Waals surface area contributed by atoms with E-state index in [1.807, 2.05) is 0 Å². The minimum Gasteiger partial charge on any atom is -0.396 e. The molecule has 20 heavy (non-hydrogen) atoms. The van der Waals surface area contributed by atoms with E-state index in [9.17, 15) is 4.79 Å². The second-order valence-corrected chi connectivity index (χ2v) is 5.69. The molecule has 1 unspecified atom stereocenters. The fourth-order valence-electron chi connectivity index (χ4n) is 2.54. The molecule has 1 amide bonds. The zero-order valence-corrected chi connectivity index (χ0v) is 12.3. The van der Waals surface area contributed by atoms with Gasteiger partial charge in [-0.25, -0.2) is 0 Å². The molecular weight excluding hydrogens is 250 g/mol. The van der Waals surface area contributed by atoms with Crippen molar-refractivity contribution in [3.8, 4) is 0 Å². The molecule has 1 aliphatic rings. The van der Waals surface area contributed by atoms with Crippen molar-refractivity contribution < 1.29 is 9.90 Å². The summed E-state index contributed by atoms with van der Waals surface area (Å²) in [5.41, 5.74) is 2.54. The van der Waals surface area contributed by atoms with Gasteiger partial charge in [-0.3, -0.25) is 4.79 Å². The molecule has 1 saturated carbocycles. The van der Waals surface area contributed by atoms with Crippen LogP contribution in [-0.4, -0.2) is 23.7 Å². The van der Waals surface area contributed by atoms with E-state index in [2.05, 4.69) is 36.5 Å². The quantitative estimate of drug-likeness (QED) is 0.765. The van der Waals surface area contributed by atoms with E-state index >= 15 is 0 Å². The van der Waals surface area contributed by atoms with E-state index in [4.69, 9.17) is 5.11 Å². The molecule has 3 nitrogen and oxygen atoms in total. The molecule has 0 bridgehead atoms. The maximum Gasteiger partial charge on any atom is 0.220 e. The Labute approximate surface area is 121 Å². The van der Waals surface area contributed by atoms with E-state index in [1.165, 1.54) is 24.0 Å². The van der Waals surface area contributed by atoms with Crippen molar-refractivity contribution in [3.05, 3.63) is 35.4 Å². The lowest BCUT2D eigenvalue weighted by Crippen LogP contribution is -2.37. The van der Waals surface area contributed by atoms with Gasteiger partial charge in [-0.15, -0.1) is 0 Å². The molecule has 2 N–H and O–H groups in total. The standard InChI is InChI=1S/C17H25NO2/c1-2-13-3-5-14(6-4-13)7-10-17(20)18-16(11-12-19)15-8-9-15/h3-6,15-16,19H,2,7-12H2,1H3,(H,18,20). The van der Waals surface area contributed by atoms with Crippen LogP contribution in [0.4, 0.5) is 0 Å². The molecule has 0 aromatic heterocycles. The van der Waals surface area contributed by atoms with Crippen molar-refractivity contribution in [2.75, 3.05) is 6.61 Å². The van der Waals surface area contributed by atoms with Crippen molar-refractivity contribution in [3.63, 3.8) is 0 Å². The molecule has 110 valence electrons. The van der Waals surface area contributed by atoms with Crippen LogP contribution in [0.5, 0.6) is 0 Å². The lowest BCUT2D eigenvalue weighted by Gasteiger charge is -2.17. The molecule has 0 spiro atoms. The fraction of sp³-hybridized carbons (Fsp3) is 0.588. The number of nitrogens with one attached hydrogen (secondary N) is 1. The summed E-state index contributed by atoms with van der Waals surface area (Å²) in [4.78, 5) is 12.0. The normalized spacial score (nSPS) is 15.9. The van der Waals surface area contributed by atoms with Gasteiger partial charge < -0.3 is 10.4 Å². The zero-order valence-electron chi connectivity index (χ0n) is 12.3. The van der Waals surface area contributed by atoms with E-state index in [-0.39, 0.29) is 18.6 Å². The summed E-state index contributed by atoms with van der Waals surface area (Å²) in [6, 6.07) is 8.66. The summed E-state index contributed by atoms with van der Waals surface area (Å²) in [5.74, 6) is 0.699. The predicted octanol–water partition coefficient (Wildman–Crippen LogP) is 2.46. The number of aryl methyl sites for hydroxylation is 2. The third kappa shape index (κ3) is 4.64. The molecule has 0 heterocycles. The number of aliphatic hydroxyl groups excluding tert-OH is 1. The highest BCUT2D eigenvalue weighted by Gasteiger charge is 2.31. The monoisotopic (exact) mass is 275 g/mol. The van der Waals surface area contributed by atoms with Gasteiger partial charge in [-0.05, 0) is 49.1 Å². The smallest absolute Gasteiger partial charge is 0.220 e. The van der Waals surface area contributed by atoms with Crippen LogP contribution in [0, 0.1) is 5.92 Å². The second kappa shape index (κ2) is 7.44. The molecule has 1 aliphatic carbocycles. The number of hydrogen-bond acceptors (Lipinski definition) is 2. The number of hydrogen-bond donors (Lipinski definition) is 2. The van der Waals surface area contributed by atoms with Crippen molar-refractivity contribution in [2.24, 2.45) is 5.92 Å². The number of benzene rings is 1. The average Bonchev–Trinajstić information content (AvgIpc) is 3.30. The maximum atomic E-state index is 12.0. The van der Waals surface area contributed by atoms with Crippen LogP contribution >= 0.6 is 0 Å². The van der Waals surface area contributed by atoms with E-state index in [0.717, 1.165) is 12.8 Å². The van der Waals surface area contributed by atoms with Gasteiger partial charge in [0.15, 0.2) is 0 Å². The molecule has 0 radical (unpaired) electrons. The van der Waals surface area contributed by atoms with Gasteiger partial charge in [0.1, 0.15) is 0 Å². The Bertz CT molecular complexity index is 423. The molecule has 1 aromatic carbocycles. The fourth-order valence-corrected chi connectivity index (χ4v) is 2.54. The highest BCUT2D eigenvalue weighted by molar-refractivity contribution is 5.76. The zero-order chi connectivity index (χ0) is 14.4. The summed E-state index contributed by atoms with van der Waals surface area (Å²) >= 11 is 0. The second-order valence-electron chi connectivity index (χ2n) is 5.69. The van der Waals surface area contributed by atoms with Crippen LogP contribution < -0.4 is 5.32 Å². The number of aliphatic hydroxyl groups is 1.